The van der Waals surface area contributed by atoms with Crippen LogP contribution in [0.5, 0.6) is 0 Å². The Morgan fingerprint density at radius 1 is 1.17 bits per heavy atom. The van der Waals surface area contributed by atoms with Crippen LogP contribution >= 0.6 is 11.6 Å². The molecule has 1 saturated carbocycles. The number of amides is 2. The van der Waals surface area contributed by atoms with Crippen LogP contribution in [-0.2, 0) is 16.1 Å². The molecular formula is C18H18ClN3O2. The van der Waals surface area contributed by atoms with E-state index in [2.05, 4.69) is 15.6 Å². The number of nitrogens with zero attached hydrogens (tertiary/aromatic N) is 1. The number of nitrogens with one attached hydrogen (secondary N) is 2. The molecule has 1 aliphatic rings. The van der Waals surface area contributed by atoms with Gasteiger partial charge in [-0.2, -0.15) is 0 Å². The molecule has 6 heteroatoms. The van der Waals surface area contributed by atoms with Crippen LogP contribution in [0.25, 0.3) is 0 Å². The molecule has 0 saturated heterocycles. The van der Waals surface area contributed by atoms with Gasteiger partial charge in [0.2, 0.25) is 11.8 Å². The van der Waals surface area contributed by atoms with Crippen molar-refractivity contribution in [2.75, 3.05) is 5.32 Å². The third-order valence-corrected chi connectivity index (χ3v) is 4.36. The third-order valence-electron chi connectivity index (χ3n) is 4.13. The van der Waals surface area contributed by atoms with Crippen molar-refractivity contribution in [2.45, 2.75) is 19.9 Å². The molecule has 1 heterocycles. The van der Waals surface area contributed by atoms with E-state index < -0.39 is 0 Å². The Morgan fingerprint density at radius 3 is 2.58 bits per heavy atom. The number of aryl methyl sites for hydroxylation is 1. The van der Waals surface area contributed by atoms with Gasteiger partial charge in [-0.15, -0.1) is 0 Å². The SMILES string of the molecule is Cc1cc(Cl)ccc1NC(=O)C1CC1C(=O)NCc1ccncc1. The summed E-state index contributed by atoms with van der Waals surface area (Å²) in [7, 11) is 0. The molecule has 124 valence electrons. The summed E-state index contributed by atoms with van der Waals surface area (Å²) in [5.41, 5.74) is 2.61. The minimum absolute atomic E-state index is 0.0835. The summed E-state index contributed by atoms with van der Waals surface area (Å²) in [6.45, 7) is 2.33. The Labute approximate surface area is 145 Å². The predicted octanol–water partition coefficient (Wildman–Crippen LogP) is 2.93. The number of aromatic nitrogens is 1. The van der Waals surface area contributed by atoms with Crippen molar-refractivity contribution in [1.82, 2.24) is 10.3 Å². The molecule has 1 aromatic carbocycles. The van der Waals surface area contributed by atoms with Gasteiger partial charge < -0.3 is 10.6 Å². The number of pyridine rings is 1. The number of benzene rings is 1. The van der Waals surface area contributed by atoms with Gasteiger partial charge in [-0.05, 0) is 54.8 Å². The number of rotatable bonds is 5. The Kier molecular flexibility index (Phi) is 4.81. The number of hydrogen-bond donors (Lipinski definition) is 2. The van der Waals surface area contributed by atoms with Crippen molar-refractivity contribution in [3.63, 3.8) is 0 Å². The largest absolute Gasteiger partial charge is 0.352 e. The first kappa shape index (κ1) is 16.5. The molecule has 2 aromatic rings. The maximum atomic E-state index is 12.3. The minimum Gasteiger partial charge on any atom is -0.352 e. The van der Waals surface area contributed by atoms with Gasteiger partial charge in [0.05, 0.1) is 11.8 Å². The van der Waals surface area contributed by atoms with E-state index in [-0.39, 0.29) is 23.7 Å². The lowest BCUT2D eigenvalue weighted by Crippen LogP contribution is -2.27. The van der Waals surface area contributed by atoms with Gasteiger partial charge in [-0.1, -0.05) is 11.6 Å². The summed E-state index contributed by atoms with van der Waals surface area (Å²) in [5.74, 6) is -0.721. The van der Waals surface area contributed by atoms with Gasteiger partial charge in [0, 0.05) is 29.6 Å². The Morgan fingerprint density at radius 2 is 1.88 bits per heavy atom. The lowest BCUT2D eigenvalue weighted by atomic mass is 10.2. The van der Waals surface area contributed by atoms with E-state index >= 15 is 0 Å². The lowest BCUT2D eigenvalue weighted by molar-refractivity contribution is -0.125. The average molecular weight is 344 g/mol. The molecule has 5 nitrogen and oxygen atoms in total. The molecule has 0 bridgehead atoms. The van der Waals surface area contributed by atoms with Crippen LogP contribution in [0, 0.1) is 18.8 Å². The van der Waals surface area contributed by atoms with Gasteiger partial charge in [0.1, 0.15) is 0 Å². The van der Waals surface area contributed by atoms with E-state index in [4.69, 9.17) is 11.6 Å². The lowest BCUT2D eigenvalue weighted by Gasteiger charge is -2.09. The average Bonchev–Trinajstić information content (AvgIpc) is 3.37. The summed E-state index contributed by atoms with van der Waals surface area (Å²) in [5, 5.41) is 6.37. The molecule has 3 rings (SSSR count). The van der Waals surface area contributed by atoms with Crippen molar-refractivity contribution < 1.29 is 9.59 Å². The van der Waals surface area contributed by atoms with Crippen LogP contribution in [0.15, 0.2) is 42.7 Å². The molecule has 24 heavy (non-hydrogen) atoms. The molecule has 1 aromatic heterocycles. The number of anilines is 1. The highest BCUT2D eigenvalue weighted by atomic mass is 35.5. The fourth-order valence-electron chi connectivity index (χ4n) is 2.59. The molecule has 2 unspecified atom stereocenters. The topological polar surface area (TPSA) is 71.1 Å². The first-order valence-electron chi connectivity index (χ1n) is 7.78. The monoisotopic (exact) mass is 343 g/mol. The van der Waals surface area contributed by atoms with E-state index in [1.807, 2.05) is 19.1 Å². The smallest absolute Gasteiger partial charge is 0.228 e. The van der Waals surface area contributed by atoms with Crippen LogP contribution < -0.4 is 10.6 Å². The Balaban J connectivity index is 1.51. The zero-order chi connectivity index (χ0) is 17.1. The van der Waals surface area contributed by atoms with Gasteiger partial charge in [0.15, 0.2) is 0 Å². The zero-order valence-corrected chi connectivity index (χ0v) is 14.0. The second-order valence-corrected chi connectivity index (χ2v) is 6.41. The van der Waals surface area contributed by atoms with Crippen molar-refractivity contribution in [1.29, 1.82) is 0 Å². The van der Waals surface area contributed by atoms with E-state index in [0.29, 0.717) is 18.0 Å². The first-order chi connectivity index (χ1) is 11.5. The van der Waals surface area contributed by atoms with Crippen molar-refractivity contribution >= 4 is 29.1 Å². The zero-order valence-electron chi connectivity index (χ0n) is 13.3. The summed E-state index contributed by atoms with van der Waals surface area (Å²) in [6, 6.07) is 9.00. The molecular weight excluding hydrogens is 326 g/mol. The highest BCUT2D eigenvalue weighted by Crippen LogP contribution is 2.39. The maximum absolute atomic E-state index is 12.3. The fraction of sp³-hybridized carbons (Fsp3) is 0.278. The van der Waals surface area contributed by atoms with E-state index in [9.17, 15) is 9.59 Å². The summed E-state index contributed by atoms with van der Waals surface area (Å²) in [6.07, 6.45) is 3.95. The number of carbonyl (C=O) groups is 2. The van der Waals surface area contributed by atoms with Crippen molar-refractivity contribution in [3.05, 3.63) is 58.9 Å². The molecule has 2 atom stereocenters. The second-order valence-electron chi connectivity index (χ2n) is 5.97. The van der Waals surface area contributed by atoms with Gasteiger partial charge in [-0.3, -0.25) is 14.6 Å². The van der Waals surface area contributed by atoms with Gasteiger partial charge in [0.25, 0.3) is 0 Å². The molecule has 0 aliphatic heterocycles. The quantitative estimate of drug-likeness (QED) is 0.876. The summed E-state index contributed by atoms with van der Waals surface area (Å²) >= 11 is 5.91. The minimum atomic E-state index is -0.266. The number of hydrogen-bond acceptors (Lipinski definition) is 3. The Bertz CT molecular complexity index is 764. The normalized spacial score (nSPS) is 18.8. The fourth-order valence-corrected chi connectivity index (χ4v) is 2.81. The molecule has 0 spiro atoms. The van der Waals surface area contributed by atoms with Crippen LogP contribution in [0.1, 0.15) is 17.5 Å². The molecule has 2 N–H and O–H groups in total. The van der Waals surface area contributed by atoms with E-state index in [1.165, 1.54) is 0 Å². The summed E-state index contributed by atoms with van der Waals surface area (Å²) < 4.78 is 0. The van der Waals surface area contributed by atoms with Crippen LogP contribution in [0.3, 0.4) is 0 Å². The number of halogens is 1. The first-order valence-corrected chi connectivity index (χ1v) is 8.16. The number of carbonyl (C=O) groups excluding carboxylic acids is 2. The van der Waals surface area contributed by atoms with E-state index in [1.54, 1.807) is 30.6 Å². The van der Waals surface area contributed by atoms with E-state index in [0.717, 1.165) is 16.8 Å². The van der Waals surface area contributed by atoms with Crippen molar-refractivity contribution in [3.8, 4) is 0 Å². The van der Waals surface area contributed by atoms with Crippen LogP contribution in [0.2, 0.25) is 5.02 Å². The maximum Gasteiger partial charge on any atom is 0.228 e. The molecule has 1 fully saturated rings. The van der Waals surface area contributed by atoms with Crippen LogP contribution in [-0.4, -0.2) is 16.8 Å². The second kappa shape index (κ2) is 7.01. The van der Waals surface area contributed by atoms with Crippen LogP contribution in [0.4, 0.5) is 5.69 Å². The van der Waals surface area contributed by atoms with Gasteiger partial charge >= 0.3 is 0 Å². The highest BCUT2D eigenvalue weighted by Gasteiger charge is 2.47. The van der Waals surface area contributed by atoms with Gasteiger partial charge in [-0.25, -0.2) is 0 Å². The molecule has 1 aliphatic carbocycles. The predicted molar refractivity (Wildman–Crippen MR) is 92.5 cm³/mol. The third kappa shape index (κ3) is 3.92. The molecule has 0 radical (unpaired) electrons. The standard InChI is InChI=1S/C18H18ClN3O2/c1-11-8-13(19)2-3-16(11)22-18(24)15-9-14(15)17(23)21-10-12-4-6-20-7-5-12/h2-8,14-15H,9-10H2,1H3,(H,21,23)(H,22,24). The van der Waals surface area contributed by atoms with Crippen molar-refractivity contribution in [2.24, 2.45) is 11.8 Å². The molecule has 2 amide bonds. The highest BCUT2D eigenvalue weighted by molar-refractivity contribution is 6.30. The Hall–Kier alpha value is -2.40. The summed E-state index contributed by atoms with van der Waals surface area (Å²) in [4.78, 5) is 28.3.